The Balaban J connectivity index is 1.82. The van der Waals surface area contributed by atoms with Crippen LogP contribution in [0.2, 0.25) is 0 Å². The quantitative estimate of drug-likeness (QED) is 0.578. The van der Waals surface area contributed by atoms with E-state index in [2.05, 4.69) is 13.8 Å². The molecular weight excluding hydrogens is 132 g/mol. The van der Waals surface area contributed by atoms with Gasteiger partial charge in [-0.05, 0) is 55.8 Å². The smallest absolute Gasteiger partial charge is 0.0355 e. The molecule has 2 rings (SSSR count). The molecule has 64 valence electrons. The van der Waals surface area contributed by atoms with Gasteiger partial charge in [-0.3, -0.25) is 0 Å². The zero-order valence-corrected chi connectivity index (χ0v) is 7.84. The zero-order valence-electron chi connectivity index (χ0n) is 7.84. The van der Waals surface area contributed by atoms with Crippen LogP contribution >= 0.6 is 0 Å². The first-order valence-electron chi connectivity index (χ1n) is 5.27. The fraction of sp³-hybridized carbons (Fsp3) is 1.00. The number of hydrogen-bond donors (Lipinski definition) is 0. The van der Waals surface area contributed by atoms with Crippen LogP contribution in [-0.2, 0) is 0 Å². The molecule has 11 heavy (non-hydrogen) atoms. The summed E-state index contributed by atoms with van der Waals surface area (Å²) in [6.45, 7) is 4.75. The van der Waals surface area contributed by atoms with E-state index < -0.39 is 0 Å². The molecule has 2 aliphatic rings. The van der Waals surface area contributed by atoms with Gasteiger partial charge in [0.1, 0.15) is 0 Å². The van der Waals surface area contributed by atoms with Crippen LogP contribution in [-0.4, -0.2) is 0 Å². The van der Waals surface area contributed by atoms with Crippen molar-refractivity contribution in [2.24, 2.45) is 23.7 Å². The predicted molar refractivity (Wildman–Crippen MR) is 48.4 cm³/mol. The third-order valence-corrected chi connectivity index (χ3v) is 3.20. The lowest BCUT2D eigenvalue weighted by Crippen LogP contribution is -2.08. The van der Waals surface area contributed by atoms with Gasteiger partial charge >= 0.3 is 0 Å². The van der Waals surface area contributed by atoms with Crippen molar-refractivity contribution in [3.05, 3.63) is 0 Å². The Kier molecular flexibility index (Phi) is 1.95. The van der Waals surface area contributed by atoms with Gasteiger partial charge in [0.25, 0.3) is 0 Å². The van der Waals surface area contributed by atoms with Gasteiger partial charge in [-0.15, -0.1) is 0 Å². The molecule has 0 heteroatoms. The molecule has 2 saturated carbocycles. The summed E-state index contributed by atoms with van der Waals surface area (Å²) in [5.74, 6) is 4.38. The number of hydrogen-bond acceptors (Lipinski definition) is 0. The molecule has 0 bridgehead atoms. The molecule has 0 atom stereocenters. The van der Waals surface area contributed by atoms with Gasteiger partial charge in [0, 0.05) is 0 Å². The third-order valence-electron chi connectivity index (χ3n) is 3.20. The lowest BCUT2D eigenvalue weighted by molar-refractivity contribution is 0.329. The molecular formula is C11H20. The molecule has 0 saturated heterocycles. The second-order valence-electron chi connectivity index (χ2n) is 4.97. The summed E-state index contributed by atoms with van der Waals surface area (Å²) in [4.78, 5) is 0. The summed E-state index contributed by atoms with van der Waals surface area (Å²) >= 11 is 0. The highest BCUT2D eigenvalue weighted by Crippen LogP contribution is 2.51. The Hall–Kier alpha value is 0. The largest absolute Gasteiger partial charge is 0.0628 e. The molecule has 0 heterocycles. The Labute approximate surface area is 70.4 Å². The van der Waals surface area contributed by atoms with E-state index in [1.54, 1.807) is 25.7 Å². The van der Waals surface area contributed by atoms with Crippen molar-refractivity contribution in [3.63, 3.8) is 0 Å². The van der Waals surface area contributed by atoms with Gasteiger partial charge in [-0.2, -0.15) is 0 Å². The lowest BCUT2D eigenvalue weighted by Gasteiger charge is -2.17. The topological polar surface area (TPSA) is 0 Å². The summed E-state index contributed by atoms with van der Waals surface area (Å²) in [6, 6.07) is 0. The molecule has 0 nitrogen and oxygen atoms in total. The molecule has 0 aliphatic heterocycles. The molecule has 0 radical (unpaired) electrons. The van der Waals surface area contributed by atoms with E-state index in [1.165, 1.54) is 6.42 Å². The van der Waals surface area contributed by atoms with Crippen molar-refractivity contribution in [2.45, 2.75) is 46.0 Å². The van der Waals surface area contributed by atoms with Gasteiger partial charge < -0.3 is 0 Å². The van der Waals surface area contributed by atoms with Gasteiger partial charge in [0.2, 0.25) is 0 Å². The molecule has 0 spiro atoms. The maximum Gasteiger partial charge on any atom is -0.0355 e. The first-order chi connectivity index (χ1) is 5.27. The Morgan fingerprint density at radius 2 is 1.45 bits per heavy atom. The van der Waals surface area contributed by atoms with Crippen LogP contribution < -0.4 is 0 Å². The van der Waals surface area contributed by atoms with Gasteiger partial charge in [0.15, 0.2) is 0 Å². The summed E-state index contributed by atoms with van der Waals surface area (Å²) in [6.07, 6.45) is 7.71. The van der Waals surface area contributed by atoms with E-state index >= 15 is 0 Å². The highest BCUT2D eigenvalue weighted by molar-refractivity contribution is 4.91. The second-order valence-corrected chi connectivity index (χ2v) is 4.97. The van der Waals surface area contributed by atoms with Crippen molar-refractivity contribution in [1.29, 1.82) is 0 Å². The first kappa shape index (κ1) is 7.64. The Morgan fingerprint density at radius 1 is 1.00 bits per heavy atom. The molecule has 0 N–H and O–H groups in total. The predicted octanol–water partition coefficient (Wildman–Crippen LogP) is 3.47. The molecule has 2 aliphatic carbocycles. The molecule has 0 aromatic rings. The van der Waals surface area contributed by atoms with E-state index in [4.69, 9.17) is 0 Å². The van der Waals surface area contributed by atoms with Crippen LogP contribution in [0.4, 0.5) is 0 Å². The van der Waals surface area contributed by atoms with Crippen molar-refractivity contribution in [2.75, 3.05) is 0 Å². The maximum atomic E-state index is 2.37. The van der Waals surface area contributed by atoms with Gasteiger partial charge in [0.05, 0.1) is 0 Å². The van der Waals surface area contributed by atoms with Crippen molar-refractivity contribution >= 4 is 0 Å². The van der Waals surface area contributed by atoms with E-state index in [0.717, 1.165) is 23.7 Å². The monoisotopic (exact) mass is 152 g/mol. The number of rotatable bonds is 4. The average molecular weight is 152 g/mol. The van der Waals surface area contributed by atoms with Crippen LogP contribution in [0.15, 0.2) is 0 Å². The third kappa shape index (κ3) is 1.98. The molecule has 0 aromatic carbocycles. The van der Waals surface area contributed by atoms with Crippen LogP contribution in [0.1, 0.15) is 46.0 Å². The van der Waals surface area contributed by atoms with E-state index in [-0.39, 0.29) is 0 Å². The van der Waals surface area contributed by atoms with Gasteiger partial charge in [-0.1, -0.05) is 13.8 Å². The Morgan fingerprint density at radius 3 is 1.73 bits per heavy atom. The van der Waals surface area contributed by atoms with Crippen LogP contribution in [0, 0.1) is 23.7 Å². The minimum absolute atomic E-state index is 0.932. The SMILES string of the molecule is CC(C)CC(C1CC1)C1CC1. The van der Waals surface area contributed by atoms with Crippen molar-refractivity contribution in [1.82, 2.24) is 0 Å². The van der Waals surface area contributed by atoms with Crippen molar-refractivity contribution in [3.8, 4) is 0 Å². The highest BCUT2D eigenvalue weighted by atomic mass is 14.5. The second kappa shape index (κ2) is 2.80. The van der Waals surface area contributed by atoms with Crippen LogP contribution in [0.3, 0.4) is 0 Å². The minimum atomic E-state index is 0.932. The zero-order chi connectivity index (χ0) is 7.84. The highest BCUT2D eigenvalue weighted by Gasteiger charge is 2.41. The summed E-state index contributed by atoms with van der Waals surface area (Å²) in [7, 11) is 0. The molecule has 0 amide bonds. The normalized spacial score (nSPS) is 25.1. The molecule has 0 unspecified atom stereocenters. The first-order valence-corrected chi connectivity index (χ1v) is 5.27. The summed E-state index contributed by atoms with van der Waals surface area (Å²) in [5.41, 5.74) is 0. The Bertz CT molecular complexity index is 117. The standard InChI is InChI=1S/C11H20/c1-8(2)7-11(9-3-4-9)10-5-6-10/h8-11H,3-7H2,1-2H3. The van der Waals surface area contributed by atoms with E-state index in [9.17, 15) is 0 Å². The van der Waals surface area contributed by atoms with Crippen molar-refractivity contribution < 1.29 is 0 Å². The lowest BCUT2D eigenvalue weighted by atomic mass is 9.89. The van der Waals surface area contributed by atoms with E-state index in [1.807, 2.05) is 0 Å². The molecule has 2 fully saturated rings. The van der Waals surface area contributed by atoms with Crippen LogP contribution in [0.5, 0.6) is 0 Å². The van der Waals surface area contributed by atoms with Crippen LogP contribution in [0.25, 0.3) is 0 Å². The fourth-order valence-electron chi connectivity index (χ4n) is 2.36. The maximum absolute atomic E-state index is 2.37. The summed E-state index contributed by atoms with van der Waals surface area (Å²) < 4.78 is 0. The fourth-order valence-corrected chi connectivity index (χ4v) is 2.36. The molecule has 0 aromatic heterocycles. The van der Waals surface area contributed by atoms with E-state index in [0.29, 0.717) is 0 Å². The average Bonchev–Trinajstić information content (AvgIpc) is 2.79. The van der Waals surface area contributed by atoms with Gasteiger partial charge in [-0.25, -0.2) is 0 Å². The minimum Gasteiger partial charge on any atom is -0.0628 e. The summed E-state index contributed by atoms with van der Waals surface area (Å²) in [5, 5.41) is 0.